The molecule has 0 radical (unpaired) electrons. The molecule has 0 aliphatic heterocycles. The topological polar surface area (TPSA) is 6.48 Å². The first-order valence-corrected chi connectivity index (χ1v) is 18.4. The molecule has 0 aromatic heterocycles. The van der Waals surface area contributed by atoms with E-state index in [1.165, 1.54) is 69.0 Å². The second-order valence-corrected chi connectivity index (χ2v) is 14.0. The van der Waals surface area contributed by atoms with Crippen LogP contribution in [0.4, 0.5) is 0 Å². The maximum atomic E-state index is 2.63. The minimum atomic E-state index is 0.348. The van der Waals surface area contributed by atoms with E-state index in [1.54, 1.807) is 0 Å². The molecule has 2 unspecified atom stereocenters. The second-order valence-electron chi connectivity index (χ2n) is 14.0. The van der Waals surface area contributed by atoms with Crippen LogP contribution in [0, 0.1) is 0 Å². The predicted octanol–water partition coefficient (Wildman–Crippen LogP) is 11.4. The average Bonchev–Trinajstić information content (AvgIpc) is 3.16. The fourth-order valence-corrected chi connectivity index (χ4v) is 8.26. The summed E-state index contributed by atoms with van der Waals surface area (Å²) in [6.07, 6.45) is 56.2. The molecule has 2 atom stereocenters. The van der Waals surface area contributed by atoms with Crippen molar-refractivity contribution in [1.29, 1.82) is 0 Å². The molecule has 0 heterocycles. The van der Waals surface area contributed by atoms with Crippen LogP contribution in [0.2, 0.25) is 0 Å². The van der Waals surface area contributed by atoms with E-state index < -0.39 is 0 Å². The summed E-state index contributed by atoms with van der Waals surface area (Å²) in [6, 6.07) is 9.58. The van der Waals surface area contributed by atoms with Crippen LogP contribution in [0.5, 0.6) is 0 Å². The van der Waals surface area contributed by atoms with E-state index in [9.17, 15) is 0 Å². The van der Waals surface area contributed by atoms with Crippen LogP contribution in [-0.2, 0) is 6.42 Å². The van der Waals surface area contributed by atoms with E-state index in [0.717, 1.165) is 64.2 Å². The largest absolute Gasteiger partial charge is 0.338 e. The Balaban J connectivity index is 0.984. The Bertz CT molecular complexity index is 1830. The molecule has 0 N–H and O–H groups in total. The van der Waals surface area contributed by atoms with Crippen LogP contribution in [0.3, 0.4) is 0 Å². The van der Waals surface area contributed by atoms with Crippen molar-refractivity contribution in [2.75, 3.05) is 0 Å². The number of hydrogen-bond acceptors (Lipinski definition) is 2. The number of benzene rings is 1. The van der Waals surface area contributed by atoms with E-state index >= 15 is 0 Å². The predicted molar refractivity (Wildman–Crippen MR) is 202 cm³/mol. The van der Waals surface area contributed by atoms with Crippen molar-refractivity contribution in [1.82, 2.24) is 9.80 Å². The van der Waals surface area contributed by atoms with E-state index in [0.29, 0.717) is 12.1 Å². The molecule has 48 heavy (non-hydrogen) atoms. The highest BCUT2D eigenvalue weighted by atomic mass is 15.2. The van der Waals surface area contributed by atoms with Crippen molar-refractivity contribution in [3.05, 3.63) is 184 Å². The van der Waals surface area contributed by atoms with Gasteiger partial charge in [-0.3, -0.25) is 0 Å². The first-order chi connectivity index (χ1) is 23.8. The maximum absolute atomic E-state index is 2.63. The zero-order valence-corrected chi connectivity index (χ0v) is 28.2. The van der Waals surface area contributed by atoms with Crippen LogP contribution in [0.15, 0.2) is 173 Å². The van der Waals surface area contributed by atoms with Crippen LogP contribution in [0.1, 0.15) is 81.8 Å². The van der Waals surface area contributed by atoms with Crippen molar-refractivity contribution in [2.24, 2.45) is 0 Å². The van der Waals surface area contributed by atoms with Gasteiger partial charge in [0.05, 0.1) is 12.1 Å². The second kappa shape index (κ2) is 14.3. The molecule has 0 saturated heterocycles. The van der Waals surface area contributed by atoms with Gasteiger partial charge in [0.1, 0.15) is 0 Å². The minimum Gasteiger partial charge on any atom is -0.338 e. The number of rotatable bonds is 8. The Kier molecular flexibility index (Phi) is 9.15. The minimum absolute atomic E-state index is 0.348. The lowest BCUT2D eigenvalue weighted by molar-refractivity contribution is 0.351. The van der Waals surface area contributed by atoms with Crippen molar-refractivity contribution >= 4 is 6.08 Å². The van der Waals surface area contributed by atoms with Gasteiger partial charge in [-0.25, -0.2) is 0 Å². The van der Waals surface area contributed by atoms with Gasteiger partial charge in [-0.2, -0.15) is 0 Å². The van der Waals surface area contributed by atoms with E-state index in [1.807, 2.05) is 0 Å². The lowest BCUT2D eigenvalue weighted by Gasteiger charge is -2.39. The monoisotopic (exact) mass is 628 g/mol. The zero-order valence-electron chi connectivity index (χ0n) is 28.2. The highest BCUT2D eigenvalue weighted by Gasteiger charge is 2.28. The Morgan fingerprint density at radius 3 is 1.77 bits per heavy atom. The van der Waals surface area contributed by atoms with Crippen molar-refractivity contribution in [3.63, 3.8) is 0 Å². The standard InChI is InChI=1S/C46H48N2/c1-3-15-41(16-4-1)47(45-31-25-37-11-7-9-13-39(37)33-45)43-27-21-35(22-28-43)19-20-36-23-29-44(30-24-36)48(42-17-5-2-6-18-42)46-32-26-38-12-8-10-14-40(38)34-46/h3,5,7,9-11,13-21,23,25-27,29,31-32,45-46H,1-2,4,6,8,12,22,24,28,30,33-34H2/b20-19+. The lowest BCUT2D eigenvalue weighted by atomic mass is 9.86. The first kappa shape index (κ1) is 30.8. The smallest absolute Gasteiger partial charge is 0.0562 e. The molecule has 0 bridgehead atoms. The van der Waals surface area contributed by atoms with Gasteiger partial charge in [0.2, 0.25) is 0 Å². The van der Waals surface area contributed by atoms with Gasteiger partial charge in [-0.1, -0.05) is 109 Å². The third-order valence-electron chi connectivity index (χ3n) is 10.9. The summed E-state index contributed by atoms with van der Waals surface area (Å²) in [7, 11) is 0. The Morgan fingerprint density at radius 1 is 0.521 bits per heavy atom. The quantitative estimate of drug-likeness (QED) is 0.283. The van der Waals surface area contributed by atoms with Gasteiger partial charge in [0.15, 0.2) is 0 Å². The highest BCUT2D eigenvalue weighted by Crippen LogP contribution is 2.37. The normalized spacial score (nSPS) is 24.7. The SMILES string of the molecule is C1=CC(N(C2=CC=C(/C=C/C3=CC=C(N(C4=CCCC=C4)C4C=Cc5ccccc5C4)CC3)CC2)C2C=CC3=C(C=CCC3)C2)=CCC1. The van der Waals surface area contributed by atoms with Crippen LogP contribution in [0.25, 0.3) is 6.08 Å². The third kappa shape index (κ3) is 6.72. The summed E-state index contributed by atoms with van der Waals surface area (Å²) in [6.45, 7) is 0. The van der Waals surface area contributed by atoms with Gasteiger partial charge in [0, 0.05) is 22.8 Å². The molecular weight excluding hydrogens is 581 g/mol. The Hall–Kier alpha value is -4.56. The molecule has 0 fully saturated rings. The molecule has 1 aromatic rings. The summed E-state index contributed by atoms with van der Waals surface area (Å²) in [4.78, 5) is 5.25. The molecule has 7 aliphatic carbocycles. The number of allylic oxidation sites excluding steroid dienone is 20. The fraction of sp³-hybridized carbons (Fsp3) is 0.304. The number of hydrogen-bond donors (Lipinski definition) is 0. The summed E-state index contributed by atoms with van der Waals surface area (Å²) >= 11 is 0. The summed E-state index contributed by atoms with van der Waals surface area (Å²) in [5, 5.41) is 0. The van der Waals surface area contributed by atoms with E-state index in [4.69, 9.17) is 0 Å². The van der Waals surface area contributed by atoms with E-state index in [-0.39, 0.29) is 0 Å². The third-order valence-corrected chi connectivity index (χ3v) is 10.9. The molecule has 242 valence electrons. The molecule has 8 rings (SSSR count). The molecule has 0 saturated carbocycles. The van der Waals surface area contributed by atoms with Crippen molar-refractivity contribution < 1.29 is 0 Å². The fourth-order valence-electron chi connectivity index (χ4n) is 8.26. The summed E-state index contributed by atoms with van der Waals surface area (Å²) in [5.41, 5.74) is 14.3. The van der Waals surface area contributed by atoms with Gasteiger partial charge in [0.25, 0.3) is 0 Å². The van der Waals surface area contributed by atoms with Crippen LogP contribution >= 0.6 is 0 Å². The Morgan fingerprint density at radius 2 is 1.15 bits per heavy atom. The maximum Gasteiger partial charge on any atom is 0.0562 e. The summed E-state index contributed by atoms with van der Waals surface area (Å²) in [5.74, 6) is 0. The zero-order chi connectivity index (χ0) is 32.1. The molecule has 2 nitrogen and oxygen atoms in total. The molecule has 2 heteroatoms. The first-order valence-electron chi connectivity index (χ1n) is 18.4. The van der Waals surface area contributed by atoms with Gasteiger partial charge in [-0.05, 0) is 135 Å². The van der Waals surface area contributed by atoms with Crippen molar-refractivity contribution in [2.45, 2.75) is 89.1 Å². The molecular formula is C46H48N2. The van der Waals surface area contributed by atoms with Crippen LogP contribution < -0.4 is 0 Å². The highest BCUT2D eigenvalue weighted by molar-refractivity contribution is 5.58. The van der Waals surface area contributed by atoms with Gasteiger partial charge < -0.3 is 9.80 Å². The summed E-state index contributed by atoms with van der Waals surface area (Å²) < 4.78 is 0. The van der Waals surface area contributed by atoms with E-state index in [2.05, 4.69) is 143 Å². The lowest BCUT2D eigenvalue weighted by Crippen LogP contribution is -2.35. The number of nitrogens with zero attached hydrogens (tertiary/aromatic N) is 2. The molecule has 0 amide bonds. The molecule has 7 aliphatic rings. The van der Waals surface area contributed by atoms with Gasteiger partial charge in [-0.15, -0.1) is 0 Å². The van der Waals surface area contributed by atoms with Crippen LogP contribution in [-0.4, -0.2) is 21.9 Å². The molecule has 1 aromatic carbocycles. The molecule has 0 spiro atoms. The van der Waals surface area contributed by atoms with Crippen molar-refractivity contribution in [3.8, 4) is 0 Å². The van der Waals surface area contributed by atoms with Gasteiger partial charge >= 0.3 is 0 Å². The Labute approximate surface area is 288 Å². The average molecular weight is 629 g/mol. The number of fused-ring (bicyclic) bond motifs is 1.